The fourth-order valence-corrected chi connectivity index (χ4v) is 3.65. The third-order valence-electron chi connectivity index (χ3n) is 5.13. The Balaban J connectivity index is 1.18. The predicted molar refractivity (Wildman–Crippen MR) is 103 cm³/mol. The lowest BCUT2D eigenvalue weighted by Gasteiger charge is -2.31. The minimum atomic E-state index is 0.195. The molecule has 150 valence electrons. The number of fused-ring (bicyclic) bond motifs is 1. The molecular formula is C21H22N4O4. The second-order valence-electron chi connectivity index (χ2n) is 7.25. The van der Waals surface area contributed by atoms with Crippen LogP contribution < -0.4 is 9.47 Å². The first-order chi connectivity index (χ1) is 14.3. The zero-order valence-corrected chi connectivity index (χ0v) is 16.0. The topological polar surface area (TPSA) is 82.7 Å². The molecule has 5 rings (SSSR count). The highest BCUT2D eigenvalue weighted by Crippen LogP contribution is 2.35. The maximum absolute atomic E-state index is 6.08. The van der Waals surface area contributed by atoms with Crippen molar-refractivity contribution in [2.24, 2.45) is 0 Å². The molecule has 1 saturated heterocycles. The second kappa shape index (κ2) is 8.18. The van der Waals surface area contributed by atoms with Crippen LogP contribution in [0.25, 0.3) is 11.4 Å². The van der Waals surface area contributed by atoms with Crippen molar-refractivity contribution < 1.29 is 18.7 Å². The van der Waals surface area contributed by atoms with E-state index < -0.39 is 0 Å². The van der Waals surface area contributed by atoms with E-state index in [0.717, 1.165) is 42.8 Å². The van der Waals surface area contributed by atoms with E-state index in [1.165, 1.54) is 0 Å². The standard InChI is InChI=1S/C21H22N4O4/c1-3-15(10-22-7-1)13-26-17-4-2-8-25(11-17)12-20-23-21(24-29-20)16-5-6-18-19(9-16)28-14-27-18/h1,3,5-7,9-10,17H,2,4,8,11-14H2/t17-/m0/s1. The summed E-state index contributed by atoms with van der Waals surface area (Å²) in [7, 11) is 0. The molecule has 1 atom stereocenters. The number of nitrogens with zero attached hydrogens (tertiary/aromatic N) is 4. The highest BCUT2D eigenvalue weighted by molar-refractivity contribution is 5.61. The van der Waals surface area contributed by atoms with E-state index in [9.17, 15) is 0 Å². The number of hydrogen-bond donors (Lipinski definition) is 0. The van der Waals surface area contributed by atoms with Crippen LogP contribution in [0.1, 0.15) is 24.3 Å². The van der Waals surface area contributed by atoms with Crippen LogP contribution in [0.15, 0.2) is 47.2 Å². The number of likely N-dealkylation sites (tertiary alicyclic amines) is 1. The Hall–Kier alpha value is -2.97. The van der Waals surface area contributed by atoms with Gasteiger partial charge in [-0.3, -0.25) is 9.88 Å². The van der Waals surface area contributed by atoms with Crippen LogP contribution in [0.4, 0.5) is 0 Å². The summed E-state index contributed by atoms with van der Waals surface area (Å²) in [5.74, 6) is 2.60. The lowest BCUT2D eigenvalue weighted by molar-refractivity contribution is -0.0142. The van der Waals surface area contributed by atoms with Crippen molar-refractivity contribution in [1.29, 1.82) is 0 Å². The van der Waals surface area contributed by atoms with Crippen molar-refractivity contribution in [1.82, 2.24) is 20.0 Å². The maximum Gasteiger partial charge on any atom is 0.241 e. The molecule has 0 amide bonds. The highest BCUT2D eigenvalue weighted by atomic mass is 16.7. The van der Waals surface area contributed by atoms with Gasteiger partial charge in [-0.25, -0.2) is 0 Å². The van der Waals surface area contributed by atoms with Crippen molar-refractivity contribution in [2.45, 2.75) is 32.1 Å². The molecule has 0 unspecified atom stereocenters. The zero-order valence-electron chi connectivity index (χ0n) is 16.0. The van der Waals surface area contributed by atoms with Crippen molar-refractivity contribution in [2.75, 3.05) is 19.9 Å². The van der Waals surface area contributed by atoms with Gasteiger partial charge in [0.2, 0.25) is 18.5 Å². The first-order valence-electron chi connectivity index (χ1n) is 9.79. The summed E-state index contributed by atoms with van der Waals surface area (Å²) in [6, 6.07) is 9.61. The molecule has 0 aliphatic carbocycles. The third kappa shape index (κ3) is 4.23. The van der Waals surface area contributed by atoms with E-state index in [2.05, 4.69) is 20.0 Å². The van der Waals surface area contributed by atoms with Crippen LogP contribution in [-0.2, 0) is 17.9 Å². The molecule has 0 spiro atoms. The smallest absolute Gasteiger partial charge is 0.241 e. The van der Waals surface area contributed by atoms with Gasteiger partial charge >= 0.3 is 0 Å². The Morgan fingerprint density at radius 2 is 2.14 bits per heavy atom. The number of pyridine rings is 1. The molecule has 4 heterocycles. The van der Waals surface area contributed by atoms with Gasteiger partial charge in [0, 0.05) is 24.5 Å². The van der Waals surface area contributed by atoms with Gasteiger partial charge in [-0.1, -0.05) is 11.2 Å². The van der Waals surface area contributed by atoms with Crippen molar-refractivity contribution in [3.63, 3.8) is 0 Å². The predicted octanol–water partition coefficient (Wildman–Crippen LogP) is 3.04. The molecule has 0 radical (unpaired) electrons. The average molecular weight is 394 g/mol. The summed E-state index contributed by atoms with van der Waals surface area (Å²) in [4.78, 5) is 11.0. The SMILES string of the molecule is c1cncc(CO[C@H]2CCCN(Cc3nc(-c4ccc5c(c4)OCO5)no3)C2)c1. The van der Waals surface area contributed by atoms with E-state index >= 15 is 0 Å². The molecule has 2 aliphatic heterocycles. The minimum absolute atomic E-state index is 0.195. The van der Waals surface area contributed by atoms with Crippen molar-refractivity contribution >= 4 is 0 Å². The molecular weight excluding hydrogens is 372 g/mol. The second-order valence-corrected chi connectivity index (χ2v) is 7.25. The summed E-state index contributed by atoms with van der Waals surface area (Å²) in [5.41, 5.74) is 1.94. The van der Waals surface area contributed by atoms with E-state index in [4.69, 9.17) is 18.7 Å². The minimum Gasteiger partial charge on any atom is -0.454 e. The molecule has 1 aromatic carbocycles. The van der Waals surface area contributed by atoms with Crippen molar-refractivity contribution in [3.8, 4) is 22.9 Å². The first-order valence-corrected chi connectivity index (χ1v) is 9.79. The van der Waals surface area contributed by atoms with Gasteiger partial charge in [0.25, 0.3) is 0 Å². The summed E-state index contributed by atoms with van der Waals surface area (Å²) >= 11 is 0. The van der Waals surface area contributed by atoms with Crippen LogP contribution in [0.5, 0.6) is 11.5 Å². The number of piperidine rings is 1. The summed E-state index contributed by atoms with van der Waals surface area (Å²) in [6.45, 7) is 3.29. The van der Waals surface area contributed by atoms with Crippen LogP contribution in [0.2, 0.25) is 0 Å². The molecule has 0 bridgehead atoms. The summed E-state index contributed by atoms with van der Waals surface area (Å²) in [6.07, 6.45) is 5.95. The quantitative estimate of drug-likeness (QED) is 0.631. The number of benzene rings is 1. The molecule has 8 nitrogen and oxygen atoms in total. The number of hydrogen-bond acceptors (Lipinski definition) is 8. The Bertz CT molecular complexity index is 962. The lowest BCUT2D eigenvalue weighted by atomic mass is 10.1. The monoisotopic (exact) mass is 394 g/mol. The van der Waals surface area contributed by atoms with Gasteiger partial charge in [0.1, 0.15) is 0 Å². The Morgan fingerprint density at radius 3 is 3.07 bits per heavy atom. The Morgan fingerprint density at radius 1 is 1.17 bits per heavy atom. The Kier molecular flexibility index (Phi) is 5.10. The lowest BCUT2D eigenvalue weighted by Crippen LogP contribution is -2.39. The number of ether oxygens (including phenoxy) is 3. The molecule has 0 saturated carbocycles. The van der Waals surface area contributed by atoms with Gasteiger partial charge in [0.05, 0.1) is 19.3 Å². The molecule has 1 fully saturated rings. The van der Waals surface area contributed by atoms with E-state index in [-0.39, 0.29) is 12.9 Å². The third-order valence-corrected chi connectivity index (χ3v) is 5.13. The molecule has 0 N–H and O–H groups in total. The molecule has 8 heteroatoms. The average Bonchev–Trinajstić information content (AvgIpc) is 3.42. The van der Waals surface area contributed by atoms with Crippen LogP contribution in [0.3, 0.4) is 0 Å². The van der Waals surface area contributed by atoms with Gasteiger partial charge in [0.15, 0.2) is 11.5 Å². The van der Waals surface area contributed by atoms with Crippen LogP contribution in [-0.4, -0.2) is 46.0 Å². The first kappa shape index (κ1) is 18.1. The van der Waals surface area contributed by atoms with Gasteiger partial charge in [-0.15, -0.1) is 0 Å². The van der Waals surface area contributed by atoms with E-state index in [1.807, 2.05) is 36.5 Å². The van der Waals surface area contributed by atoms with Crippen LogP contribution in [0, 0.1) is 0 Å². The number of aromatic nitrogens is 3. The highest BCUT2D eigenvalue weighted by Gasteiger charge is 2.23. The van der Waals surface area contributed by atoms with E-state index in [0.29, 0.717) is 30.6 Å². The van der Waals surface area contributed by atoms with Gasteiger partial charge < -0.3 is 18.7 Å². The van der Waals surface area contributed by atoms with Crippen molar-refractivity contribution in [3.05, 3.63) is 54.2 Å². The fourth-order valence-electron chi connectivity index (χ4n) is 3.65. The Labute approximate surface area is 168 Å². The normalized spacial score (nSPS) is 18.8. The number of rotatable bonds is 6. The zero-order chi connectivity index (χ0) is 19.5. The maximum atomic E-state index is 6.08. The largest absolute Gasteiger partial charge is 0.454 e. The fraction of sp³-hybridized carbons (Fsp3) is 0.381. The molecule has 2 aliphatic rings. The molecule has 3 aromatic rings. The van der Waals surface area contributed by atoms with Gasteiger partial charge in [-0.2, -0.15) is 4.98 Å². The molecule has 29 heavy (non-hydrogen) atoms. The van der Waals surface area contributed by atoms with E-state index in [1.54, 1.807) is 6.20 Å². The molecule has 2 aromatic heterocycles. The summed E-state index contributed by atoms with van der Waals surface area (Å²) in [5, 5.41) is 4.13. The summed E-state index contributed by atoms with van der Waals surface area (Å²) < 4.78 is 22.3. The van der Waals surface area contributed by atoms with Crippen LogP contribution >= 0.6 is 0 Å². The van der Waals surface area contributed by atoms with Gasteiger partial charge in [-0.05, 0) is 49.2 Å².